The lowest BCUT2D eigenvalue weighted by atomic mass is 9.81. The molecule has 1 saturated carbocycles. The molecule has 6 nitrogen and oxygen atoms in total. The molecule has 26 heavy (non-hydrogen) atoms. The highest BCUT2D eigenvalue weighted by Crippen LogP contribution is 2.30. The molecule has 1 aromatic carbocycles. The van der Waals surface area contributed by atoms with Crippen LogP contribution >= 0.6 is 11.6 Å². The summed E-state index contributed by atoms with van der Waals surface area (Å²) < 4.78 is 1.56. The lowest BCUT2D eigenvalue weighted by Crippen LogP contribution is -2.55. The Kier molecular flexibility index (Phi) is 5.32. The average molecular weight is 376 g/mol. The number of benzene rings is 1. The molecule has 0 radical (unpaired) electrons. The summed E-state index contributed by atoms with van der Waals surface area (Å²) in [6, 6.07) is 9.68. The van der Waals surface area contributed by atoms with Crippen LogP contribution in [0, 0.1) is 6.92 Å². The molecule has 0 aliphatic heterocycles. The molecule has 2 N–H and O–H groups in total. The predicted molar refractivity (Wildman–Crippen MR) is 98.4 cm³/mol. The van der Waals surface area contributed by atoms with E-state index in [4.69, 9.17) is 11.6 Å². The first kappa shape index (κ1) is 18.5. The van der Waals surface area contributed by atoms with Crippen LogP contribution in [0.15, 0.2) is 30.3 Å². The van der Waals surface area contributed by atoms with Crippen LogP contribution in [0.2, 0.25) is 5.15 Å². The van der Waals surface area contributed by atoms with Crippen LogP contribution in [-0.4, -0.2) is 32.3 Å². The van der Waals surface area contributed by atoms with Crippen molar-refractivity contribution in [2.45, 2.75) is 51.1 Å². The van der Waals surface area contributed by atoms with Crippen molar-refractivity contribution < 1.29 is 14.7 Å². The van der Waals surface area contributed by atoms with E-state index in [0.717, 1.165) is 24.8 Å². The van der Waals surface area contributed by atoms with Gasteiger partial charge < -0.3 is 10.4 Å². The molecule has 3 rings (SSSR count). The maximum absolute atomic E-state index is 12.8. The van der Waals surface area contributed by atoms with E-state index in [9.17, 15) is 14.7 Å². The van der Waals surface area contributed by atoms with Gasteiger partial charge in [-0.15, -0.1) is 0 Å². The molecule has 0 atom stereocenters. The maximum atomic E-state index is 12.8. The average Bonchev–Trinajstić information content (AvgIpc) is 2.90. The van der Waals surface area contributed by atoms with E-state index in [1.54, 1.807) is 11.6 Å². The van der Waals surface area contributed by atoms with E-state index in [2.05, 4.69) is 10.4 Å². The standard InChI is InChI=1S/C19H22ClN3O3/c1-13-15(16(20)23(22-13)12-14-8-4-2-5-9-14)17(24)21-19(18(25)26)10-6-3-7-11-19/h2,4-5,8-9H,3,6-7,10-12H2,1H3,(H,21,24)(H,25,26). The van der Waals surface area contributed by atoms with Gasteiger partial charge in [-0.05, 0) is 25.3 Å². The molecule has 1 aromatic heterocycles. The Morgan fingerprint density at radius 3 is 2.50 bits per heavy atom. The first-order chi connectivity index (χ1) is 12.4. The summed E-state index contributed by atoms with van der Waals surface area (Å²) in [7, 11) is 0. The number of carboxylic acids is 1. The summed E-state index contributed by atoms with van der Waals surface area (Å²) in [5.74, 6) is -1.47. The summed E-state index contributed by atoms with van der Waals surface area (Å²) in [5, 5.41) is 17.0. The minimum Gasteiger partial charge on any atom is -0.480 e. The zero-order valence-electron chi connectivity index (χ0n) is 14.7. The number of aliphatic carboxylic acids is 1. The van der Waals surface area contributed by atoms with E-state index in [-0.39, 0.29) is 10.7 Å². The van der Waals surface area contributed by atoms with Gasteiger partial charge in [0.1, 0.15) is 10.7 Å². The van der Waals surface area contributed by atoms with Crippen molar-refractivity contribution in [3.63, 3.8) is 0 Å². The van der Waals surface area contributed by atoms with Crippen LogP contribution < -0.4 is 5.32 Å². The number of rotatable bonds is 5. The van der Waals surface area contributed by atoms with Gasteiger partial charge in [-0.1, -0.05) is 61.2 Å². The fraction of sp³-hybridized carbons (Fsp3) is 0.421. The van der Waals surface area contributed by atoms with Gasteiger partial charge in [-0.3, -0.25) is 4.79 Å². The van der Waals surface area contributed by atoms with Gasteiger partial charge in [-0.2, -0.15) is 5.10 Å². The number of carbonyl (C=O) groups is 2. The molecule has 138 valence electrons. The molecular weight excluding hydrogens is 354 g/mol. The number of nitrogens with zero attached hydrogens (tertiary/aromatic N) is 2. The smallest absolute Gasteiger partial charge is 0.329 e. The number of hydrogen-bond acceptors (Lipinski definition) is 3. The van der Waals surface area contributed by atoms with Gasteiger partial charge in [0.2, 0.25) is 0 Å². The summed E-state index contributed by atoms with van der Waals surface area (Å²) >= 11 is 6.41. The van der Waals surface area contributed by atoms with Gasteiger partial charge in [0.25, 0.3) is 5.91 Å². The van der Waals surface area contributed by atoms with Crippen molar-refractivity contribution in [2.75, 3.05) is 0 Å². The Hall–Kier alpha value is -2.34. The maximum Gasteiger partial charge on any atom is 0.329 e. The molecule has 1 fully saturated rings. The Labute approximate surface area is 157 Å². The third kappa shape index (κ3) is 3.60. The Bertz CT molecular complexity index is 811. The fourth-order valence-electron chi connectivity index (χ4n) is 3.50. The second-order valence-electron chi connectivity index (χ2n) is 6.80. The molecule has 1 aliphatic rings. The van der Waals surface area contributed by atoms with E-state index in [0.29, 0.717) is 25.1 Å². The zero-order valence-corrected chi connectivity index (χ0v) is 15.4. The van der Waals surface area contributed by atoms with Crippen molar-refractivity contribution in [1.82, 2.24) is 15.1 Å². The van der Waals surface area contributed by atoms with Crippen LogP contribution in [0.25, 0.3) is 0 Å². The molecule has 0 bridgehead atoms. The normalized spacial score (nSPS) is 16.2. The highest BCUT2D eigenvalue weighted by Gasteiger charge is 2.42. The molecule has 2 aromatic rings. The second-order valence-corrected chi connectivity index (χ2v) is 7.15. The third-order valence-electron chi connectivity index (χ3n) is 4.94. The second kappa shape index (κ2) is 7.50. The minimum absolute atomic E-state index is 0.222. The van der Waals surface area contributed by atoms with Crippen LogP contribution in [0.3, 0.4) is 0 Å². The van der Waals surface area contributed by atoms with E-state index >= 15 is 0 Å². The first-order valence-corrected chi connectivity index (χ1v) is 9.13. The van der Waals surface area contributed by atoms with E-state index in [1.165, 1.54) is 0 Å². The first-order valence-electron chi connectivity index (χ1n) is 8.76. The number of amides is 1. The number of aryl methyl sites for hydroxylation is 1. The molecule has 0 unspecified atom stereocenters. The van der Waals surface area contributed by atoms with Gasteiger partial charge in [-0.25, -0.2) is 9.48 Å². The Morgan fingerprint density at radius 2 is 1.88 bits per heavy atom. The molecular formula is C19H22ClN3O3. The molecule has 1 amide bonds. The minimum atomic E-state index is -1.22. The molecule has 0 saturated heterocycles. The number of nitrogens with one attached hydrogen (secondary N) is 1. The quantitative estimate of drug-likeness (QED) is 0.838. The zero-order chi connectivity index (χ0) is 18.7. The summed E-state index contributed by atoms with van der Waals surface area (Å²) in [6.07, 6.45) is 3.42. The van der Waals surface area contributed by atoms with Crippen molar-refractivity contribution >= 4 is 23.5 Å². The van der Waals surface area contributed by atoms with Gasteiger partial charge in [0.05, 0.1) is 17.8 Å². The SMILES string of the molecule is Cc1nn(Cc2ccccc2)c(Cl)c1C(=O)NC1(C(=O)O)CCCCC1. The summed E-state index contributed by atoms with van der Waals surface area (Å²) in [5.41, 5.74) is 0.527. The lowest BCUT2D eigenvalue weighted by Gasteiger charge is -2.33. The number of aromatic nitrogens is 2. The molecule has 1 aliphatic carbocycles. The number of hydrogen-bond donors (Lipinski definition) is 2. The fourth-order valence-corrected chi connectivity index (χ4v) is 3.82. The van der Waals surface area contributed by atoms with Crippen LogP contribution in [0.1, 0.15) is 53.7 Å². The van der Waals surface area contributed by atoms with E-state index < -0.39 is 17.4 Å². The molecule has 0 spiro atoms. The predicted octanol–water partition coefficient (Wildman–Crippen LogP) is 3.41. The van der Waals surface area contributed by atoms with E-state index in [1.807, 2.05) is 30.3 Å². The molecule has 1 heterocycles. The summed E-state index contributed by atoms with van der Waals surface area (Å²) in [4.78, 5) is 24.6. The van der Waals surface area contributed by atoms with Crippen molar-refractivity contribution in [3.8, 4) is 0 Å². The van der Waals surface area contributed by atoms with Crippen molar-refractivity contribution in [2.24, 2.45) is 0 Å². The van der Waals surface area contributed by atoms with Crippen molar-refractivity contribution in [1.29, 1.82) is 0 Å². The largest absolute Gasteiger partial charge is 0.480 e. The van der Waals surface area contributed by atoms with Crippen molar-refractivity contribution in [3.05, 3.63) is 52.3 Å². The van der Waals surface area contributed by atoms with Gasteiger partial charge in [0.15, 0.2) is 0 Å². The highest BCUT2D eigenvalue weighted by atomic mass is 35.5. The number of carbonyl (C=O) groups excluding carboxylic acids is 1. The number of carboxylic acid groups (broad SMARTS) is 1. The summed E-state index contributed by atoms with van der Waals surface area (Å²) in [6.45, 7) is 2.15. The monoisotopic (exact) mass is 375 g/mol. The highest BCUT2D eigenvalue weighted by molar-refractivity contribution is 6.33. The molecule has 7 heteroatoms. The van der Waals surface area contributed by atoms with Gasteiger partial charge >= 0.3 is 5.97 Å². The third-order valence-corrected chi connectivity index (χ3v) is 5.32. The van der Waals surface area contributed by atoms with Gasteiger partial charge in [0, 0.05) is 0 Å². The Balaban J connectivity index is 1.84. The number of halogens is 1. The Morgan fingerprint density at radius 1 is 1.23 bits per heavy atom. The van der Waals surface area contributed by atoms with Crippen LogP contribution in [0.4, 0.5) is 0 Å². The lowest BCUT2D eigenvalue weighted by molar-refractivity contribution is -0.145. The van der Waals surface area contributed by atoms with Crippen LogP contribution in [-0.2, 0) is 11.3 Å². The van der Waals surface area contributed by atoms with Crippen LogP contribution in [0.5, 0.6) is 0 Å². The topological polar surface area (TPSA) is 84.2 Å².